The Kier molecular flexibility index (Phi) is 6.68. The van der Waals surface area contributed by atoms with Gasteiger partial charge in [-0.25, -0.2) is 0 Å². The van der Waals surface area contributed by atoms with E-state index in [4.69, 9.17) is 10.5 Å². The first kappa shape index (κ1) is 16.5. The maximum Gasteiger partial charge on any atom is 0.0716 e. The lowest BCUT2D eigenvalue weighted by Crippen LogP contribution is -2.36. The molecule has 2 rings (SSSR count). The molecule has 3 heteroatoms. The van der Waals surface area contributed by atoms with Gasteiger partial charge in [0.1, 0.15) is 0 Å². The Labute approximate surface area is 129 Å². The summed E-state index contributed by atoms with van der Waals surface area (Å²) in [6, 6.07) is 9.17. The van der Waals surface area contributed by atoms with Crippen LogP contribution in [0, 0.1) is 5.92 Å². The molecule has 0 bridgehead atoms. The van der Waals surface area contributed by atoms with Gasteiger partial charge in [-0.2, -0.15) is 0 Å². The van der Waals surface area contributed by atoms with Crippen LogP contribution in [0.3, 0.4) is 0 Å². The molecule has 1 saturated heterocycles. The van der Waals surface area contributed by atoms with E-state index in [-0.39, 0.29) is 0 Å². The number of methoxy groups -OCH3 is 1. The monoisotopic (exact) mass is 290 g/mol. The highest BCUT2D eigenvalue weighted by atomic mass is 16.5. The zero-order valence-corrected chi connectivity index (χ0v) is 13.6. The Morgan fingerprint density at radius 3 is 2.81 bits per heavy atom. The highest BCUT2D eigenvalue weighted by Gasteiger charge is 2.31. The fourth-order valence-corrected chi connectivity index (χ4v) is 3.66. The van der Waals surface area contributed by atoms with Gasteiger partial charge in [-0.1, -0.05) is 37.6 Å². The van der Waals surface area contributed by atoms with Crippen molar-refractivity contribution in [2.75, 3.05) is 26.7 Å². The summed E-state index contributed by atoms with van der Waals surface area (Å²) in [6.07, 6.45) is 5.02. The topological polar surface area (TPSA) is 38.5 Å². The second kappa shape index (κ2) is 8.52. The van der Waals surface area contributed by atoms with Gasteiger partial charge in [0.15, 0.2) is 0 Å². The Balaban J connectivity index is 2.37. The maximum absolute atomic E-state index is 6.12. The first-order chi connectivity index (χ1) is 10.3. The van der Waals surface area contributed by atoms with Gasteiger partial charge >= 0.3 is 0 Å². The highest BCUT2D eigenvalue weighted by molar-refractivity contribution is 5.30. The lowest BCUT2D eigenvalue weighted by molar-refractivity contribution is 0.149. The van der Waals surface area contributed by atoms with Gasteiger partial charge in [-0.05, 0) is 55.9 Å². The van der Waals surface area contributed by atoms with Crippen LogP contribution in [0.1, 0.15) is 49.8 Å². The molecule has 1 aromatic rings. The molecular weight excluding hydrogens is 260 g/mol. The number of hydrogen-bond acceptors (Lipinski definition) is 3. The summed E-state index contributed by atoms with van der Waals surface area (Å²) in [5.41, 5.74) is 8.86. The Morgan fingerprint density at radius 1 is 1.29 bits per heavy atom. The molecule has 2 N–H and O–H groups in total. The average Bonchev–Trinajstić information content (AvgIpc) is 2.71. The Morgan fingerprint density at radius 2 is 2.10 bits per heavy atom. The van der Waals surface area contributed by atoms with Crippen molar-refractivity contribution in [3.63, 3.8) is 0 Å². The summed E-state index contributed by atoms with van der Waals surface area (Å²) in [4.78, 5) is 2.65. The van der Waals surface area contributed by atoms with E-state index in [2.05, 4.69) is 36.1 Å². The fraction of sp³-hybridized carbons (Fsp3) is 0.667. The van der Waals surface area contributed by atoms with Gasteiger partial charge in [0.2, 0.25) is 0 Å². The average molecular weight is 290 g/mol. The summed E-state index contributed by atoms with van der Waals surface area (Å²) in [6.45, 7) is 6.06. The lowest BCUT2D eigenvalue weighted by atomic mass is 9.87. The van der Waals surface area contributed by atoms with Crippen LogP contribution in [0.25, 0.3) is 0 Å². The summed E-state index contributed by atoms with van der Waals surface area (Å²) >= 11 is 0. The van der Waals surface area contributed by atoms with Crippen molar-refractivity contribution in [3.8, 4) is 0 Å². The number of nitrogens with zero attached hydrogens (tertiary/aromatic N) is 1. The van der Waals surface area contributed by atoms with Crippen molar-refractivity contribution < 1.29 is 4.74 Å². The SMILES string of the molecule is CCCN1CCCCC(CN)C1c1ccccc1COC. The molecule has 1 aromatic carbocycles. The number of benzene rings is 1. The van der Waals surface area contributed by atoms with E-state index in [1.165, 1.54) is 43.4 Å². The van der Waals surface area contributed by atoms with Crippen molar-refractivity contribution in [3.05, 3.63) is 35.4 Å². The normalized spacial score (nSPS) is 24.0. The van der Waals surface area contributed by atoms with E-state index in [0.29, 0.717) is 18.6 Å². The summed E-state index contributed by atoms with van der Waals surface area (Å²) < 4.78 is 5.40. The zero-order valence-electron chi connectivity index (χ0n) is 13.6. The van der Waals surface area contributed by atoms with Crippen LogP contribution >= 0.6 is 0 Å². The molecular formula is C18H30N2O. The number of likely N-dealkylation sites (tertiary alicyclic amines) is 1. The third kappa shape index (κ3) is 4.06. The third-order valence-corrected chi connectivity index (χ3v) is 4.60. The molecule has 0 saturated carbocycles. The van der Waals surface area contributed by atoms with Crippen molar-refractivity contribution in [1.29, 1.82) is 0 Å². The van der Waals surface area contributed by atoms with E-state index in [9.17, 15) is 0 Å². The van der Waals surface area contributed by atoms with Crippen molar-refractivity contribution in [2.45, 2.75) is 45.3 Å². The Hall–Kier alpha value is -0.900. The molecule has 2 atom stereocenters. The zero-order chi connectivity index (χ0) is 15.1. The highest BCUT2D eigenvalue weighted by Crippen LogP contribution is 2.36. The van der Waals surface area contributed by atoms with Crippen LogP contribution in [0.2, 0.25) is 0 Å². The van der Waals surface area contributed by atoms with E-state index < -0.39 is 0 Å². The largest absolute Gasteiger partial charge is 0.380 e. The summed E-state index contributed by atoms with van der Waals surface area (Å²) in [7, 11) is 1.77. The van der Waals surface area contributed by atoms with Crippen LogP contribution in [0.4, 0.5) is 0 Å². The van der Waals surface area contributed by atoms with Gasteiger partial charge in [0, 0.05) is 13.2 Å². The molecule has 1 aliphatic heterocycles. The third-order valence-electron chi connectivity index (χ3n) is 4.60. The first-order valence-electron chi connectivity index (χ1n) is 8.32. The van der Waals surface area contributed by atoms with Crippen molar-refractivity contribution >= 4 is 0 Å². The fourth-order valence-electron chi connectivity index (χ4n) is 3.66. The lowest BCUT2D eigenvalue weighted by Gasteiger charge is -2.36. The van der Waals surface area contributed by atoms with E-state index in [0.717, 1.165) is 13.1 Å². The molecule has 2 unspecified atom stereocenters. The summed E-state index contributed by atoms with van der Waals surface area (Å²) in [5, 5.41) is 0. The van der Waals surface area contributed by atoms with Crippen LogP contribution in [-0.2, 0) is 11.3 Å². The predicted octanol–water partition coefficient (Wildman–Crippen LogP) is 3.34. The van der Waals surface area contributed by atoms with Gasteiger partial charge in [-0.15, -0.1) is 0 Å². The minimum atomic E-state index is 0.448. The number of rotatable bonds is 6. The van der Waals surface area contributed by atoms with E-state index in [1.54, 1.807) is 7.11 Å². The van der Waals surface area contributed by atoms with Gasteiger partial charge in [0.25, 0.3) is 0 Å². The number of ether oxygens (including phenoxy) is 1. The minimum Gasteiger partial charge on any atom is -0.380 e. The molecule has 118 valence electrons. The van der Waals surface area contributed by atoms with E-state index in [1.807, 2.05) is 0 Å². The van der Waals surface area contributed by atoms with Crippen LogP contribution < -0.4 is 5.73 Å². The standard InChI is InChI=1S/C18H30N2O/c1-3-11-20-12-7-6-8-15(13-19)18(20)17-10-5-4-9-16(17)14-21-2/h4-5,9-10,15,18H,3,6-8,11-14,19H2,1-2H3. The molecule has 1 heterocycles. The van der Waals surface area contributed by atoms with Crippen molar-refractivity contribution in [1.82, 2.24) is 4.90 Å². The maximum atomic E-state index is 6.12. The van der Waals surface area contributed by atoms with Crippen LogP contribution in [-0.4, -0.2) is 31.6 Å². The first-order valence-corrected chi connectivity index (χ1v) is 8.32. The smallest absolute Gasteiger partial charge is 0.0716 e. The molecule has 1 fully saturated rings. The second-order valence-electron chi connectivity index (χ2n) is 6.10. The minimum absolute atomic E-state index is 0.448. The molecule has 0 aliphatic carbocycles. The predicted molar refractivity (Wildman–Crippen MR) is 88.2 cm³/mol. The van der Waals surface area contributed by atoms with E-state index >= 15 is 0 Å². The molecule has 0 spiro atoms. The molecule has 0 radical (unpaired) electrons. The number of nitrogens with two attached hydrogens (primary N) is 1. The Bertz CT molecular complexity index is 421. The van der Waals surface area contributed by atoms with Crippen LogP contribution in [0.5, 0.6) is 0 Å². The van der Waals surface area contributed by atoms with Crippen molar-refractivity contribution in [2.24, 2.45) is 11.7 Å². The van der Waals surface area contributed by atoms with Gasteiger partial charge in [0.05, 0.1) is 6.61 Å². The van der Waals surface area contributed by atoms with Gasteiger partial charge in [-0.3, -0.25) is 4.90 Å². The van der Waals surface area contributed by atoms with Gasteiger partial charge < -0.3 is 10.5 Å². The van der Waals surface area contributed by atoms with Crippen LogP contribution in [0.15, 0.2) is 24.3 Å². The molecule has 0 aromatic heterocycles. The molecule has 3 nitrogen and oxygen atoms in total. The quantitative estimate of drug-likeness (QED) is 0.873. The number of hydrogen-bond donors (Lipinski definition) is 1. The molecule has 1 aliphatic rings. The molecule has 21 heavy (non-hydrogen) atoms. The molecule has 0 amide bonds. The second-order valence-corrected chi connectivity index (χ2v) is 6.10. The summed E-state index contributed by atoms with van der Waals surface area (Å²) in [5.74, 6) is 0.553.